The van der Waals surface area contributed by atoms with Crippen LogP contribution in [0.1, 0.15) is 42.2 Å². The summed E-state index contributed by atoms with van der Waals surface area (Å²) in [6, 6.07) is 22.7. The lowest BCUT2D eigenvalue weighted by molar-refractivity contribution is -0.113. The van der Waals surface area contributed by atoms with Crippen LogP contribution in [0.25, 0.3) is 0 Å². The van der Waals surface area contributed by atoms with Gasteiger partial charge >= 0.3 is 12.0 Å². The molecule has 0 saturated carbocycles. The van der Waals surface area contributed by atoms with E-state index < -0.39 is 12.0 Å². The number of urea groups is 1. The van der Waals surface area contributed by atoms with E-state index in [2.05, 4.69) is 20.9 Å². The normalized spacial score (nSPS) is 16.3. The van der Waals surface area contributed by atoms with Gasteiger partial charge in [-0.1, -0.05) is 42.1 Å². The molecule has 0 aromatic heterocycles. The van der Waals surface area contributed by atoms with Crippen LogP contribution in [-0.4, -0.2) is 46.9 Å². The third-order valence-electron chi connectivity index (χ3n) is 6.67. The number of hydrogen-bond donors (Lipinski definition) is 3. The SMILES string of the molecule is CCOC(=O)c1ccc(NC(=O)Nc2ccc(C3C(C(=O)Nc4ccccc4)=C(C)N=C4SCCCN43)cc2)cc1. The van der Waals surface area contributed by atoms with Crippen LogP contribution in [0.4, 0.5) is 21.9 Å². The minimum atomic E-state index is -0.417. The summed E-state index contributed by atoms with van der Waals surface area (Å²) >= 11 is 1.70. The van der Waals surface area contributed by atoms with Crippen LogP contribution in [-0.2, 0) is 9.53 Å². The van der Waals surface area contributed by atoms with E-state index in [0.29, 0.717) is 34.8 Å². The molecular formula is C31H31N5O4S. The van der Waals surface area contributed by atoms with Gasteiger partial charge in [-0.15, -0.1) is 0 Å². The standard InChI is InChI=1S/C31H31N5O4S/c1-3-40-29(38)22-12-16-25(17-13-22)35-30(39)34-24-14-10-21(11-15-24)27-26(28(37)33-23-8-5-4-6-9-23)20(2)32-31-36(27)18-7-19-41-31/h4-6,8-17,27H,3,7,18-19H2,1-2H3,(H,33,37)(H2,34,35,39). The Bertz CT molecular complexity index is 1490. The van der Waals surface area contributed by atoms with Gasteiger partial charge in [0.15, 0.2) is 5.17 Å². The number of nitrogens with one attached hydrogen (secondary N) is 3. The Morgan fingerprint density at radius 3 is 2.20 bits per heavy atom. The maximum absolute atomic E-state index is 13.6. The number of esters is 1. The zero-order valence-electron chi connectivity index (χ0n) is 22.8. The van der Waals surface area contributed by atoms with Gasteiger partial charge in [-0.25, -0.2) is 14.6 Å². The largest absolute Gasteiger partial charge is 0.462 e. The van der Waals surface area contributed by atoms with E-state index in [1.54, 1.807) is 43.0 Å². The van der Waals surface area contributed by atoms with Gasteiger partial charge in [0.05, 0.1) is 29.5 Å². The number of nitrogens with zero attached hydrogens (tertiary/aromatic N) is 2. The number of amides is 3. The Balaban J connectivity index is 1.31. The summed E-state index contributed by atoms with van der Waals surface area (Å²) in [5.74, 6) is 0.395. The van der Waals surface area contributed by atoms with E-state index in [0.717, 1.165) is 35.1 Å². The molecule has 3 aromatic carbocycles. The summed E-state index contributed by atoms with van der Waals surface area (Å²) in [4.78, 5) is 45.0. The molecule has 0 radical (unpaired) electrons. The monoisotopic (exact) mass is 569 g/mol. The molecule has 1 fully saturated rings. The molecule has 2 heterocycles. The third-order valence-corrected chi connectivity index (χ3v) is 7.75. The van der Waals surface area contributed by atoms with E-state index in [1.165, 1.54) is 0 Å². The average molecular weight is 570 g/mol. The van der Waals surface area contributed by atoms with Crippen molar-refractivity contribution >= 4 is 51.9 Å². The van der Waals surface area contributed by atoms with E-state index >= 15 is 0 Å². The van der Waals surface area contributed by atoms with Crippen LogP contribution in [0, 0.1) is 0 Å². The Labute approximate surface area is 243 Å². The van der Waals surface area contributed by atoms with Crippen LogP contribution in [0.2, 0.25) is 0 Å². The fourth-order valence-corrected chi connectivity index (χ4v) is 5.79. The number of allylic oxidation sites excluding steroid dienone is 1. The number of anilines is 3. The molecule has 3 aromatic rings. The number of ether oxygens (including phenoxy) is 1. The smallest absolute Gasteiger partial charge is 0.338 e. The van der Waals surface area contributed by atoms with Crippen molar-refractivity contribution in [3.63, 3.8) is 0 Å². The molecule has 9 nitrogen and oxygen atoms in total. The molecule has 0 bridgehead atoms. The predicted octanol–water partition coefficient (Wildman–Crippen LogP) is 6.27. The molecule has 1 unspecified atom stereocenters. The van der Waals surface area contributed by atoms with E-state index in [1.807, 2.05) is 61.5 Å². The van der Waals surface area contributed by atoms with Gasteiger partial charge < -0.3 is 25.6 Å². The number of para-hydroxylation sites is 1. The fourth-order valence-electron chi connectivity index (χ4n) is 4.77. The molecule has 210 valence electrons. The second-order valence-electron chi connectivity index (χ2n) is 9.51. The number of rotatable bonds is 7. The van der Waals surface area contributed by atoms with Crippen molar-refractivity contribution in [1.29, 1.82) is 0 Å². The summed E-state index contributed by atoms with van der Waals surface area (Å²) < 4.78 is 4.99. The summed E-state index contributed by atoms with van der Waals surface area (Å²) in [5, 5.41) is 9.55. The molecule has 5 rings (SSSR count). The summed E-state index contributed by atoms with van der Waals surface area (Å²) in [6.45, 7) is 4.72. The second-order valence-corrected chi connectivity index (χ2v) is 10.6. The quantitative estimate of drug-likeness (QED) is 0.289. The van der Waals surface area contributed by atoms with Gasteiger partial charge in [0, 0.05) is 29.4 Å². The van der Waals surface area contributed by atoms with Crippen molar-refractivity contribution in [2.24, 2.45) is 4.99 Å². The number of carbonyl (C=O) groups excluding carboxylic acids is 3. The third kappa shape index (κ3) is 6.60. The molecule has 1 saturated heterocycles. The first-order chi connectivity index (χ1) is 19.9. The molecule has 2 aliphatic rings. The average Bonchev–Trinajstić information content (AvgIpc) is 2.98. The lowest BCUT2D eigenvalue weighted by Crippen LogP contribution is -2.43. The Morgan fingerprint density at radius 1 is 0.902 bits per heavy atom. The van der Waals surface area contributed by atoms with Crippen molar-refractivity contribution in [2.45, 2.75) is 26.3 Å². The number of thioether (sulfide) groups is 1. The van der Waals surface area contributed by atoms with E-state index in [4.69, 9.17) is 9.73 Å². The van der Waals surface area contributed by atoms with E-state index in [-0.39, 0.29) is 11.9 Å². The number of aliphatic imine (C=N–C) groups is 1. The molecule has 3 N–H and O–H groups in total. The lowest BCUT2D eigenvalue weighted by Gasteiger charge is -2.40. The van der Waals surface area contributed by atoms with Crippen LogP contribution in [0.5, 0.6) is 0 Å². The number of hydrogen-bond acceptors (Lipinski definition) is 7. The lowest BCUT2D eigenvalue weighted by atomic mass is 9.93. The predicted molar refractivity (Wildman–Crippen MR) is 163 cm³/mol. The highest BCUT2D eigenvalue weighted by Crippen LogP contribution is 2.40. The zero-order chi connectivity index (χ0) is 28.8. The van der Waals surface area contributed by atoms with Gasteiger partial charge in [-0.3, -0.25) is 4.79 Å². The van der Waals surface area contributed by atoms with Crippen molar-refractivity contribution in [2.75, 3.05) is 34.9 Å². The topological polar surface area (TPSA) is 112 Å². The minimum absolute atomic E-state index is 0.187. The highest BCUT2D eigenvalue weighted by Gasteiger charge is 2.37. The number of benzene rings is 3. The zero-order valence-corrected chi connectivity index (χ0v) is 23.7. The Hall–Kier alpha value is -4.57. The van der Waals surface area contributed by atoms with Crippen LogP contribution < -0.4 is 16.0 Å². The van der Waals surface area contributed by atoms with Crippen LogP contribution in [0.15, 0.2) is 95.1 Å². The van der Waals surface area contributed by atoms with Gasteiger partial charge in [-0.2, -0.15) is 0 Å². The number of amidine groups is 1. The highest BCUT2D eigenvalue weighted by molar-refractivity contribution is 8.13. The van der Waals surface area contributed by atoms with Gasteiger partial charge in [0.25, 0.3) is 5.91 Å². The first kappa shape index (κ1) is 28.0. The van der Waals surface area contributed by atoms with Crippen LogP contribution in [0.3, 0.4) is 0 Å². The number of fused-ring (bicyclic) bond motifs is 1. The van der Waals surface area contributed by atoms with Crippen LogP contribution >= 0.6 is 11.8 Å². The van der Waals surface area contributed by atoms with Crippen molar-refractivity contribution in [3.05, 3.63) is 101 Å². The first-order valence-corrected chi connectivity index (χ1v) is 14.4. The van der Waals surface area contributed by atoms with Crippen molar-refractivity contribution in [3.8, 4) is 0 Å². The fraction of sp³-hybridized carbons (Fsp3) is 0.226. The highest BCUT2D eigenvalue weighted by atomic mass is 32.2. The molecule has 0 spiro atoms. The minimum Gasteiger partial charge on any atom is -0.462 e. The van der Waals surface area contributed by atoms with Gasteiger partial charge in [0.2, 0.25) is 0 Å². The van der Waals surface area contributed by atoms with Gasteiger partial charge in [0.1, 0.15) is 0 Å². The van der Waals surface area contributed by atoms with Crippen molar-refractivity contribution in [1.82, 2.24) is 4.90 Å². The summed E-state index contributed by atoms with van der Waals surface area (Å²) in [6.07, 6.45) is 0.993. The molecule has 41 heavy (non-hydrogen) atoms. The first-order valence-electron chi connectivity index (χ1n) is 13.4. The van der Waals surface area contributed by atoms with E-state index in [9.17, 15) is 14.4 Å². The van der Waals surface area contributed by atoms with Gasteiger partial charge in [-0.05, 0) is 74.4 Å². The second kappa shape index (κ2) is 12.7. The van der Waals surface area contributed by atoms with Crippen molar-refractivity contribution < 1.29 is 19.1 Å². The maximum atomic E-state index is 13.6. The number of carbonyl (C=O) groups is 3. The molecule has 0 aliphatic carbocycles. The summed E-state index contributed by atoms with van der Waals surface area (Å²) in [7, 11) is 0. The summed E-state index contributed by atoms with van der Waals surface area (Å²) in [5.41, 5.74) is 4.50. The maximum Gasteiger partial charge on any atom is 0.338 e. The Morgan fingerprint density at radius 2 is 1.54 bits per heavy atom. The molecule has 2 aliphatic heterocycles. The molecule has 3 amide bonds. The Kier molecular flexibility index (Phi) is 8.69. The molecular weight excluding hydrogens is 538 g/mol. The molecule has 1 atom stereocenters. The molecule has 10 heteroatoms.